The molecule has 1 aromatic carbocycles. The minimum Gasteiger partial charge on any atom is -0.426 e. The number of carbonyl (C=O) groups is 1. The molecule has 4 rings (SSSR count). The number of ether oxygens (including phenoxy) is 1. The van der Waals surface area contributed by atoms with Gasteiger partial charge in [-0.05, 0) is 112 Å². The lowest BCUT2D eigenvalue weighted by Crippen LogP contribution is -2.35. The number of unbranched alkanes of at least 4 members (excludes halogenated alkanes) is 4. The van der Waals surface area contributed by atoms with Crippen molar-refractivity contribution < 1.29 is 13.9 Å². The van der Waals surface area contributed by atoms with Crippen molar-refractivity contribution in [3.05, 3.63) is 30.1 Å². The van der Waals surface area contributed by atoms with Gasteiger partial charge in [0, 0.05) is 0 Å². The second kappa shape index (κ2) is 12.4. The van der Waals surface area contributed by atoms with Crippen LogP contribution in [0.3, 0.4) is 0 Å². The molecule has 0 spiro atoms. The zero-order chi connectivity index (χ0) is 23.0. The quantitative estimate of drug-likeness (QED) is 0.211. The normalized spacial score (nSPS) is 32.2. The summed E-state index contributed by atoms with van der Waals surface area (Å²) in [7, 11) is 0. The first-order valence-corrected chi connectivity index (χ1v) is 14.1. The molecule has 1 aromatic rings. The van der Waals surface area contributed by atoms with Crippen LogP contribution in [0.25, 0.3) is 0 Å². The van der Waals surface area contributed by atoms with E-state index in [2.05, 4.69) is 6.92 Å². The molecule has 4 atom stereocenters. The topological polar surface area (TPSA) is 26.3 Å². The molecule has 3 saturated carbocycles. The van der Waals surface area contributed by atoms with E-state index in [-0.39, 0.29) is 17.7 Å². The molecule has 0 saturated heterocycles. The van der Waals surface area contributed by atoms with Gasteiger partial charge in [0.15, 0.2) is 0 Å². The molecule has 33 heavy (non-hydrogen) atoms. The SMILES string of the molecule is CCCCCCCC1CCC2CC(C3CCC(C(=O)Oc4ccc(F)cc4)CC3)CCC2C1. The smallest absolute Gasteiger partial charge is 0.314 e. The Balaban J connectivity index is 1.16. The molecule has 0 amide bonds. The Hall–Kier alpha value is -1.38. The van der Waals surface area contributed by atoms with E-state index < -0.39 is 0 Å². The number of rotatable bonds is 9. The van der Waals surface area contributed by atoms with Crippen molar-refractivity contribution in [3.63, 3.8) is 0 Å². The third-order valence-electron chi connectivity index (χ3n) is 9.28. The summed E-state index contributed by atoms with van der Waals surface area (Å²) in [5.74, 6) is 4.69. The predicted octanol–water partition coefficient (Wildman–Crippen LogP) is 8.73. The summed E-state index contributed by atoms with van der Waals surface area (Å²) in [6.45, 7) is 2.30. The van der Waals surface area contributed by atoms with Crippen LogP contribution in [0.2, 0.25) is 0 Å². The molecule has 3 heteroatoms. The van der Waals surface area contributed by atoms with Crippen LogP contribution in [0.15, 0.2) is 24.3 Å². The van der Waals surface area contributed by atoms with Crippen molar-refractivity contribution in [1.82, 2.24) is 0 Å². The summed E-state index contributed by atoms with van der Waals surface area (Å²) in [5, 5.41) is 0. The third kappa shape index (κ3) is 7.06. The fourth-order valence-electron chi connectivity index (χ4n) is 7.28. The zero-order valence-electron chi connectivity index (χ0n) is 20.8. The Bertz CT molecular complexity index is 721. The Morgan fingerprint density at radius 1 is 0.788 bits per heavy atom. The lowest BCUT2D eigenvalue weighted by atomic mass is 9.60. The Kier molecular flexibility index (Phi) is 9.26. The van der Waals surface area contributed by atoms with Crippen molar-refractivity contribution in [3.8, 4) is 5.75 Å². The molecular formula is C30H45FO2. The third-order valence-corrected chi connectivity index (χ3v) is 9.28. The van der Waals surface area contributed by atoms with Crippen molar-refractivity contribution in [2.75, 3.05) is 0 Å². The average molecular weight is 457 g/mol. The lowest BCUT2D eigenvalue weighted by molar-refractivity contribution is -0.140. The van der Waals surface area contributed by atoms with Crippen LogP contribution in [-0.2, 0) is 4.79 Å². The van der Waals surface area contributed by atoms with Gasteiger partial charge in [-0.3, -0.25) is 4.79 Å². The molecule has 3 aliphatic carbocycles. The van der Waals surface area contributed by atoms with E-state index in [1.165, 1.54) is 102 Å². The number of fused-ring (bicyclic) bond motifs is 1. The molecule has 0 N–H and O–H groups in total. The number of benzene rings is 1. The van der Waals surface area contributed by atoms with Crippen molar-refractivity contribution in [2.45, 2.75) is 110 Å². The van der Waals surface area contributed by atoms with Crippen molar-refractivity contribution in [1.29, 1.82) is 0 Å². The van der Waals surface area contributed by atoms with Crippen LogP contribution >= 0.6 is 0 Å². The molecule has 3 fully saturated rings. The molecule has 0 bridgehead atoms. The summed E-state index contributed by atoms with van der Waals surface area (Å²) in [6, 6.07) is 5.77. The molecule has 0 aliphatic heterocycles. The van der Waals surface area contributed by atoms with Crippen LogP contribution in [0.5, 0.6) is 5.75 Å². The number of carbonyl (C=O) groups excluding carboxylic acids is 1. The highest BCUT2D eigenvalue weighted by atomic mass is 19.1. The monoisotopic (exact) mass is 456 g/mol. The second-order valence-electron chi connectivity index (χ2n) is 11.5. The molecule has 184 valence electrons. The summed E-state index contributed by atoms with van der Waals surface area (Å²) >= 11 is 0. The maximum absolute atomic E-state index is 13.1. The van der Waals surface area contributed by atoms with Gasteiger partial charge in [-0.2, -0.15) is 0 Å². The molecule has 0 aromatic heterocycles. The Morgan fingerprint density at radius 2 is 1.39 bits per heavy atom. The molecule has 3 aliphatic rings. The maximum atomic E-state index is 13.1. The van der Waals surface area contributed by atoms with Crippen molar-refractivity contribution in [2.24, 2.45) is 35.5 Å². The minimum atomic E-state index is -0.305. The number of hydrogen-bond donors (Lipinski definition) is 0. The van der Waals surface area contributed by atoms with Gasteiger partial charge < -0.3 is 4.74 Å². The first kappa shape index (κ1) is 24.7. The highest BCUT2D eigenvalue weighted by Gasteiger charge is 2.39. The van der Waals surface area contributed by atoms with E-state index in [9.17, 15) is 9.18 Å². The lowest BCUT2D eigenvalue weighted by Gasteiger charge is -2.45. The summed E-state index contributed by atoms with van der Waals surface area (Å²) in [6.07, 6.45) is 21.6. The van der Waals surface area contributed by atoms with Crippen LogP contribution in [0.4, 0.5) is 4.39 Å². The number of esters is 1. The predicted molar refractivity (Wildman–Crippen MR) is 133 cm³/mol. The van der Waals surface area contributed by atoms with Crippen LogP contribution in [-0.4, -0.2) is 5.97 Å². The number of halogens is 1. The molecule has 4 unspecified atom stereocenters. The number of hydrogen-bond acceptors (Lipinski definition) is 2. The van der Waals surface area contributed by atoms with E-state index in [0.717, 1.165) is 42.4 Å². The van der Waals surface area contributed by atoms with Gasteiger partial charge in [-0.15, -0.1) is 0 Å². The van der Waals surface area contributed by atoms with Crippen LogP contribution in [0, 0.1) is 41.3 Å². The second-order valence-corrected chi connectivity index (χ2v) is 11.5. The van der Waals surface area contributed by atoms with Crippen LogP contribution in [0.1, 0.15) is 110 Å². The minimum absolute atomic E-state index is 0.00964. The van der Waals surface area contributed by atoms with Gasteiger partial charge in [0.1, 0.15) is 11.6 Å². The maximum Gasteiger partial charge on any atom is 0.314 e. The summed E-state index contributed by atoms with van der Waals surface area (Å²) in [4.78, 5) is 12.6. The average Bonchev–Trinajstić information content (AvgIpc) is 2.85. The van der Waals surface area contributed by atoms with Gasteiger partial charge >= 0.3 is 5.97 Å². The van der Waals surface area contributed by atoms with Gasteiger partial charge in [0.25, 0.3) is 0 Å². The fraction of sp³-hybridized carbons (Fsp3) is 0.767. The van der Waals surface area contributed by atoms with E-state index >= 15 is 0 Å². The molecular weight excluding hydrogens is 411 g/mol. The van der Waals surface area contributed by atoms with Gasteiger partial charge in [0.2, 0.25) is 0 Å². The van der Waals surface area contributed by atoms with E-state index in [0.29, 0.717) is 5.75 Å². The highest BCUT2D eigenvalue weighted by molar-refractivity contribution is 5.75. The first-order chi connectivity index (χ1) is 16.1. The zero-order valence-corrected chi connectivity index (χ0v) is 20.8. The molecule has 0 radical (unpaired) electrons. The van der Waals surface area contributed by atoms with Crippen LogP contribution < -0.4 is 4.74 Å². The van der Waals surface area contributed by atoms with Gasteiger partial charge in [0.05, 0.1) is 5.92 Å². The Labute approximate surface area is 201 Å². The van der Waals surface area contributed by atoms with Gasteiger partial charge in [-0.1, -0.05) is 51.9 Å². The molecule has 0 heterocycles. The summed E-state index contributed by atoms with van der Waals surface area (Å²) in [5.41, 5.74) is 0. The van der Waals surface area contributed by atoms with E-state index in [4.69, 9.17) is 4.74 Å². The summed E-state index contributed by atoms with van der Waals surface area (Å²) < 4.78 is 18.6. The fourth-order valence-corrected chi connectivity index (χ4v) is 7.28. The first-order valence-electron chi connectivity index (χ1n) is 14.1. The standard InChI is InChI=1S/C30H45FO2/c1-2-3-4-5-6-7-22-8-9-27-21-26(15-14-25(27)20-22)23-10-12-24(13-11-23)30(32)33-29-18-16-28(31)17-19-29/h16-19,22-27H,2-15,20-21H2,1H3. The largest absolute Gasteiger partial charge is 0.426 e. The van der Waals surface area contributed by atoms with Crippen molar-refractivity contribution >= 4 is 5.97 Å². The van der Waals surface area contributed by atoms with E-state index in [1.54, 1.807) is 12.1 Å². The highest BCUT2D eigenvalue weighted by Crippen LogP contribution is 2.49. The molecule has 2 nitrogen and oxygen atoms in total. The Morgan fingerprint density at radius 3 is 2.12 bits per heavy atom. The van der Waals surface area contributed by atoms with Gasteiger partial charge in [-0.25, -0.2) is 4.39 Å². The van der Waals surface area contributed by atoms with E-state index in [1.807, 2.05) is 0 Å².